The topological polar surface area (TPSA) is 70.9 Å². The number of carbonyl (C=O) groups is 1. The summed E-state index contributed by atoms with van der Waals surface area (Å²) in [5.41, 5.74) is 2.01. The second-order valence-corrected chi connectivity index (χ2v) is 8.96. The summed E-state index contributed by atoms with van der Waals surface area (Å²) in [5, 5.41) is 2.78. The van der Waals surface area contributed by atoms with Crippen molar-refractivity contribution in [1.29, 1.82) is 0 Å². The fourth-order valence-corrected chi connectivity index (χ4v) is 4.86. The van der Waals surface area contributed by atoms with Gasteiger partial charge in [0.25, 0.3) is 5.91 Å². The number of likely N-dealkylation sites (N-methyl/N-ethyl adjacent to an activating group) is 1. The van der Waals surface area contributed by atoms with E-state index in [9.17, 15) is 17.6 Å². The molecule has 0 aliphatic rings. The molecule has 0 saturated heterocycles. The number of sulfonamides is 1. The SMILES string of the molecule is CCN(CC)S(=O)(=O)c1cc(NC(=O)C[NH+](C)Cc2ccc(F)cc2)ccc1C. The molecule has 8 heteroatoms. The van der Waals surface area contributed by atoms with Crippen LogP contribution in [0.4, 0.5) is 10.1 Å². The molecule has 158 valence electrons. The molecular weight excluding hydrogens is 393 g/mol. The minimum absolute atomic E-state index is 0.198. The Labute approximate surface area is 172 Å². The average molecular weight is 423 g/mol. The summed E-state index contributed by atoms with van der Waals surface area (Å²) in [7, 11) is -1.74. The first-order chi connectivity index (χ1) is 13.7. The highest BCUT2D eigenvalue weighted by atomic mass is 32.2. The molecule has 0 spiro atoms. The van der Waals surface area contributed by atoms with Crippen LogP contribution in [-0.4, -0.2) is 45.3 Å². The van der Waals surface area contributed by atoms with E-state index < -0.39 is 10.0 Å². The molecule has 0 aromatic heterocycles. The maximum absolute atomic E-state index is 13.0. The third-order valence-electron chi connectivity index (χ3n) is 4.68. The van der Waals surface area contributed by atoms with Crippen molar-refractivity contribution in [2.75, 3.05) is 32.0 Å². The Bertz CT molecular complexity index is 942. The standard InChI is InChI=1S/C21H28FN3O3S/c1-5-25(6-2)29(27,28)20-13-19(12-7-16(20)3)23-21(26)15-24(4)14-17-8-10-18(22)11-9-17/h7-13H,5-6,14-15H2,1-4H3,(H,23,26)/p+1. The van der Waals surface area contributed by atoms with Gasteiger partial charge in [-0.05, 0) is 36.8 Å². The van der Waals surface area contributed by atoms with E-state index in [0.29, 0.717) is 30.9 Å². The van der Waals surface area contributed by atoms with Crippen molar-refractivity contribution in [2.45, 2.75) is 32.2 Å². The molecule has 0 saturated carbocycles. The Balaban J connectivity index is 2.07. The number of amides is 1. The molecule has 0 heterocycles. The van der Waals surface area contributed by atoms with E-state index in [2.05, 4.69) is 5.32 Å². The third-order valence-corrected chi connectivity index (χ3v) is 6.87. The molecule has 29 heavy (non-hydrogen) atoms. The Morgan fingerprint density at radius 2 is 1.72 bits per heavy atom. The van der Waals surface area contributed by atoms with Gasteiger partial charge in [-0.3, -0.25) is 4.79 Å². The highest BCUT2D eigenvalue weighted by Gasteiger charge is 2.24. The van der Waals surface area contributed by atoms with E-state index in [-0.39, 0.29) is 23.2 Å². The Kier molecular flexibility index (Phi) is 7.89. The Hall–Kier alpha value is -2.29. The van der Waals surface area contributed by atoms with Crippen LogP contribution in [0.15, 0.2) is 47.4 Å². The van der Waals surface area contributed by atoms with Crippen LogP contribution in [-0.2, 0) is 21.4 Å². The number of nitrogens with one attached hydrogen (secondary N) is 2. The van der Waals surface area contributed by atoms with Crippen molar-refractivity contribution in [3.05, 3.63) is 59.4 Å². The fourth-order valence-electron chi connectivity index (χ4n) is 3.15. The monoisotopic (exact) mass is 422 g/mol. The van der Waals surface area contributed by atoms with Crippen molar-refractivity contribution in [2.24, 2.45) is 0 Å². The second kappa shape index (κ2) is 9.96. The van der Waals surface area contributed by atoms with Crippen LogP contribution in [0, 0.1) is 12.7 Å². The van der Waals surface area contributed by atoms with Gasteiger partial charge in [-0.2, -0.15) is 4.31 Å². The van der Waals surface area contributed by atoms with E-state index in [1.165, 1.54) is 22.5 Å². The van der Waals surface area contributed by atoms with E-state index >= 15 is 0 Å². The van der Waals surface area contributed by atoms with Crippen molar-refractivity contribution in [3.8, 4) is 0 Å². The van der Waals surface area contributed by atoms with E-state index in [4.69, 9.17) is 0 Å². The Morgan fingerprint density at radius 3 is 2.31 bits per heavy atom. The maximum atomic E-state index is 13.0. The van der Waals surface area contributed by atoms with Gasteiger partial charge >= 0.3 is 0 Å². The van der Waals surface area contributed by atoms with Gasteiger partial charge in [0.2, 0.25) is 10.0 Å². The number of aryl methyl sites for hydroxylation is 1. The lowest BCUT2D eigenvalue weighted by Gasteiger charge is -2.20. The minimum atomic E-state index is -3.61. The van der Waals surface area contributed by atoms with Gasteiger partial charge in [0.15, 0.2) is 6.54 Å². The molecule has 1 atom stereocenters. The number of benzene rings is 2. The molecule has 0 fully saturated rings. The first-order valence-electron chi connectivity index (χ1n) is 9.63. The highest BCUT2D eigenvalue weighted by molar-refractivity contribution is 7.89. The zero-order valence-corrected chi connectivity index (χ0v) is 18.1. The molecule has 2 N–H and O–H groups in total. The van der Waals surface area contributed by atoms with Gasteiger partial charge in [0.05, 0.1) is 11.9 Å². The van der Waals surface area contributed by atoms with Gasteiger partial charge in [0.1, 0.15) is 12.4 Å². The normalized spacial score (nSPS) is 12.8. The van der Waals surface area contributed by atoms with Gasteiger partial charge in [0, 0.05) is 24.3 Å². The number of hydrogen-bond acceptors (Lipinski definition) is 3. The van der Waals surface area contributed by atoms with Crippen molar-refractivity contribution >= 4 is 21.6 Å². The highest BCUT2D eigenvalue weighted by Crippen LogP contribution is 2.23. The summed E-state index contributed by atoms with van der Waals surface area (Å²) < 4.78 is 40.1. The summed E-state index contributed by atoms with van der Waals surface area (Å²) in [6.45, 7) is 6.86. The summed E-state index contributed by atoms with van der Waals surface area (Å²) >= 11 is 0. The Morgan fingerprint density at radius 1 is 1.10 bits per heavy atom. The fraction of sp³-hybridized carbons (Fsp3) is 0.381. The predicted octanol–water partition coefficient (Wildman–Crippen LogP) is 1.82. The van der Waals surface area contributed by atoms with E-state index in [1.807, 2.05) is 7.05 Å². The maximum Gasteiger partial charge on any atom is 0.279 e. The van der Waals surface area contributed by atoms with Crippen molar-refractivity contribution < 1.29 is 22.5 Å². The quantitative estimate of drug-likeness (QED) is 0.648. The van der Waals surface area contributed by atoms with Crippen molar-refractivity contribution in [1.82, 2.24) is 4.31 Å². The third kappa shape index (κ3) is 6.09. The molecule has 0 aliphatic carbocycles. The number of nitrogens with zero attached hydrogens (tertiary/aromatic N) is 1. The largest absolute Gasteiger partial charge is 0.326 e. The molecule has 6 nitrogen and oxygen atoms in total. The van der Waals surface area contributed by atoms with E-state index in [0.717, 1.165) is 10.5 Å². The number of halogens is 1. The number of hydrogen-bond donors (Lipinski definition) is 2. The van der Waals surface area contributed by atoms with Gasteiger partial charge in [-0.25, -0.2) is 12.8 Å². The number of carbonyl (C=O) groups excluding carboxylic acids is 1. The predicted molar refractivity (Wildman–Crippen MR) is 112 cm³/mol. The van der Waals surface area contributed by atoms with Crippen LogP contribution in [0.25, 0.3) is 0 Å². The number of quaternary nitrogens is 1. The lowest BCUT2D eigenvalue weighted by atomic mass is 10.2. The average Bonchev–Trinajstić information content (AvgIpc) is 2.65. The van der Waals surface area contributed by atoms with Crippen LogP contribution < -0.4 is 10.2 Å². The van der Waals surface area contributed by atoms with Crippen LogP contribution >= 0.6 is 0 Å². The lowest BCUT2D eigenvalue weighted by Crippen LogP contribution is -3.08. The van der Waals surface area contributed by atoms with Gasteiger partial charge in [-0.15, -0.1) is 0 Å². The lowest BCUT2D eigenvalue weighted by molar-refractivity contribution is -0.885. The molecule has 1 amide bonds. The zero-order valence-electron chi connectivity index (χ0n) is 17.3. The minimum Gasteiger partial charge on any atom is -0.326 e. The van der Waals surface area contributed by atoms with Crippen molar-refractivity contribution in [3.63, 3.8) is 0 Å². The van der Waals surface area contributed by atoms with Crippen LogP contribution in [0.2, 0.25) is 0 Å². The van der Waals surface area contributed by atoms with Crippen LogP contribution in [0.5, 0.6) is 0 Å². The molecular formula is C21H29FN3O3S+. The zero-order chi connectivity index (χ0) is 21.6. The van der Waals surface area contributed by atoms with Crippen LogP contribution in [0.3, 0.4) is 0 Å². The first kappa shape index (κ1) is 23.0. The molecule has 2 aromatic carbocycles. The number of anilines is 1. The van der Waals surface area contributed by atoms with E-state index in [1.54, 1.807) is 45.0 Å². The molecule has 0 aliphatic heterocycles. The summed E-state index contributed by atoms with van der Waals surface area (Å²) in [6, 6.07) is 11.1. The summed E-state index contributed by atoms with van der Waals surface area (Å²) in [6.07, 6.45) is 0. The van der Waals surface area contributed by atoms with Crippen LogP contribution in [0.1, 0.15) is 25.0 Å². The molecule has 2 aromatic rings. The summed E-state index contributed by atoms with van der Waals surface area (Å²) in [5.74, 6) is -0.515. The second-order valence-electron chi connectivity index (χ2n) is 7.05. The molecule has 0 bridgehead atoms. The molecule has 1 unspecified atom stereocenters. The molecule has 0 radical (unpaired) electrons. The van der Waals surface area contributed by atoms with Gasteiger partial charge in [-0.1, -0.05) is 32.0 Å². The first-order valence-corrected chi connectivity index (χ1v) is 11.1. The van der Waals surface area contributed by atoms with Gasteiger partial charge < -0.3 is 10.2 Å². The number of rotatable bonds is 9. The smallest absolute Gasteiger partial charge is 0.279 e. The molecule has 2 rings (SSSR count). The summed E-state index contributed by atoms with van der Waals surface area (Å²) in [4.78, 5) is 13.5.